The minimum atomic E-state index is -0.452. The molecule has 4 aromatic rings. The summed E-state index contributed by atoms with van der Waals surface area (Å²) in [5.41, 5.74) is 18.6. The van der Waals surface area contributed by atoms with Crippen LogP contribution in [0.15, 0.2) is 53.9 Å². The summed E-state index contributed by atoms with van der Waals surface area (Å²) in [5.74, 6) is -0.452. The SMILES string of the molecule is Cc1nn(C)c(-c2ccccc2C(N)=O)c1Cc1csc(-c2ccc(CN)cc2)n1. The third kappa shape index (κ3) is 3.77. The number of nitrogens with two attached hydrogens (primary N) is 2. The second-order valence-electron chi connectivity index (χ2n) is 7.17. The molecule has 1 amide bonds. The van der Waals surface area contributed by atoms with Crippen molar-refractivity contribution in [1.82, 2.24) is 14.8 Å². The first-order chi connectivity index (χ1) is 14.5. The Balaban J connectivity index is 1.70. The lowest BCUT2D eigenvalue weighted by Crippen LogP contribution is -2.13. The van der Waals surface area contributed by atoms with Crippen molar-refractivity contribution in [3.63, 3.8) is 0 Å². The maximum absolute atomic E-state index is 12.0. The van der Waals surface area contributed by atoms with Gasteiger partial charge in [0.05, 0.1) is 17.1 Å². The number of hydrogen-bond acceptors (Lipinski definition) is 5. The summed E-state index contributed by atoms with van der Waals surface area (Å²) in [5, 5.41) is 7.64. The minimum Gasteiger partial charge on any atom is -0.366 e. The summed E-state index contributed by atoms with van der Waals surface area (Å²) in [7, 11) is 1.88. The Labute approximate surface area is 179 Å². The molecule has 4 N–H and O–H groups in total. The summed E-state index contributed by atoms with van der Waals surface area (Å²) in [6, 6.07) is 15.5. The zero-order valence-corrected chi connectivity index (χ0v) is 17.7. The molecule has 0 aliphatic heterocycles. The van der Waals surface area contributed by atoms with Crippen molar-refractivity contribution < 1.29 is 4.79 Å². The Morgan fingerprint density at radius 3 is 2.57 bits per heavy atom. The second kappa shape index (κ2) is 8.22. The number of nitrogens with zero attached hydrogens (tertiary/aromatic N) is 3. The predicted molar refractivity (Wildman–Crippen MR) is 120 cm³/mol. The van der Waals surface area contributed by atoms with Gasteiger partial charge < -0.3 is 11.5 Å². The van der Waals surface area contributed by atoms with Crippen LogP contribution in [-0.4, -0.2) is 20.7 Å². The van der Waals surface area contributed by atoms with Crippen LogP contribution < -0.4 is 11.5 Å². The number of aryl methyl sites for hydroxylation is 2. The third-order valence-electron chi connectivity index (χ3n) is 5.14. The largest absolute Gasteiger partial charge is 0.366 e. The molecular weight excluding hydrogens is 394 g/mol. The molecule has 30 heavy (non-hydrogen) atoms. The van der Waals surface area contributed by atoms with E-state index < -0.39 is 5.91 Å². The first kappa shape index (κ1) is 20.0. The summed E-state index contributed by atoms with van der Waals surface area (Å²) < 4.78 is 1.81. The van der Waals surface area contributed by atoms with E-state index in [2.05, 4.69) is 22.6 Å². The highest BCUT2D eigenvalue weighted by Crippen LogP contribution is 2.32. The maximum atomic E-state index is 12.0. The molecule has 0 fully saturated rings. The summed E-state index contributed by atoms with van der Waals surface area (Å²) in [4.78, 5) is 16.8. The first-order valence-electron chi connectivity index (χ1n) is 9.63. The van der Waals surface area contributed by atoms with E-state index >= 15 is 0 Å². The van der Waals surface area contributed by atoms with Crippen molar-refractivity contribution in [1.29, 1.82) is 0 Å². The summed E-state index contributed by atoms with van der Waals surface area (Å²) in [6.07, 6.45) is 0.624. The molecule has 4 rings (SSSR count). The van der Waals surface area contributed by atoms with Crippen LogP contribution in [0.2, 0.25) is 0 Å². The molecule has 0 saturated heterocycles. The number of benzene rings is 2. The fourth-order valence-corrected chi connectivity index (χ4v) is 4.47. The van der Waals surface area contributed by atoms with E-state index in [1.54, 1.807) is 17.4 Å². The number of hydrogen-bond donors (Lipinski definition) is 2. The van der Waals surface area contributed by atoms with E-state index in [0.717, 1.165) is 44.3 Å². The van der Waals surface area contributed by atoms with Crippen molar-refractivity contribution in [2.45, 2.75) is 19.9 Å². The first-order valence-corrected chi connectivity index (χ1v) is 10.5. The standard InChI is InChI=1S/C23H23N5OS/c1-14-20(21(28(2)27-14)18-5-3-4-6-19(18)22(25)29)11-17-13-30-23(26-17)16-9-7-15(12-24)8-10-16/h3-10,13H,11-12,24H2,1-2H3,(H2,25,29). The van der Waals surface area contributed by atoms with E-state index in [4.69, 9.17) is 16.5 Å². The van der Waals surface area contributed by atoms with Gasteiger partial charge in [-0.15, -0.1) is 11.3 Å². The molecule has 0 bridgehead atoms. The Kier molecular flexibility index (Phi) is 5.48. The van der Waals surface area contributed by atoms with Gasteiger partial charge in [-0.05, 0) is 18.6 Å². The number of thiazole rings is 1. The van der Waals surface area contributed by atoms with E-state index in [-0.39, 0.29) is 0 Å². The monoisotopic (exact) mass is 417 g/mol. The van der Waals surface area contributed by atoms with Gasteiger partial charge in [-0.3, -0.25) is 9.48 Å². The van der Waals surface area contributed by atoms with Crippen molar-refractivity contribution in [2.75, 3.05) is 0 Å². The van der Waals surface area contributed by atoms with Gasteiger partial charge in [0.25, 0.3) is 0 Å². The average molecular weight is 418 g/mol. The van der Waals surface area contributed by atoms with E-state index in [1.165, 1.54) is 0 Å². The molecule has 152 valence electrons. The van der Waals surface area contributed by atoms with Gasteiger partial charge in [0.2, 0.25) is 5.91 Å². The molecule has 6 nitrogen and oxygen atoms in total. The van der Waals surface area contributed by atoms with Gasteiger partial charge in [0, 0.05) is 47.6 Å². The molecule has 0 spiro atoms. The third-order valence-corrected chi connectivity index (χ3v) is 6.08. The van der Waals surface area contributed by atoms with Crippen LogP contribution in [0.5, 0.6) is 0 Å². The number of rotatable bonds is 6. The number of primary amides is 1. The molecule has 0 saturated carbocycles. The zero-order chi connectivity index (χ0) is 21.3. The highest BCUT2D eigenvalue weighted by molar-refractivity contribution is 7.13. The Hall–Kier alpha value is -3.29. The molecule has 0 aliphatic rings. The van der Waals surface area contributed by atoms with E-state index in [1.807, 2.05) is 49.0 Å². The number of amides is 1. The van der Waals surface area contributed by atoms with Crippen LogP contribution in [0.25, 0.3) is 21.8 Å². The molecule has 0 radical (unpaired) electrons. The zero-order valence-electron chi connectivity index (χ0n) is 16.9. The molecule has 2 aromatic heterocycles. The Bertz CT molecular complexity index is 1210. The normalized spacial score (nSPS) is 11.0. The quantitative estimate of drug-likeness (QED) is 0.500. The molecule has 0 aliphatic carbocycles. The summed E-state index contributed by atoms with van der Waals surface area (Å²) >= 11 is 1.61. The van der Waals surface area contributed by atoms with Crippen LogP contribution in [0.3, 0.4) is 0 Å². The van der Waals surface area contributed by atoms with Gasteiger partial charge in [-0.1, -0.05) is 42.5 Å². The minimum absolute atomic E-state index is 0.452. The van der Waals surface area contributed by atoms with E-state index in [0.29, 0.717) is 18.5 Å². The van der Waals surface area contributed by atoms with Gasteiger partial charge >= 0.3 is 0 Å². The fourth-order valence-electron chi connectivity index (χ4n) is 3.64. The maximum Gasteiger partial charge on any atom is 0.249 e. The smallest absolute Gasteiger partial charge is 0.249 e. The van der Waals surface area contributed by atoms with Crippen LogP contribution in [0, 0.1) is 6.92 Å². The molecule has 0 unspecified atom stereocenters. The highest BCUT2D eigenvalue weighted by atomic mass is 32.1. The lowest BCUT2D eigenvalue weighted by Gasteiger charge is -2.10. The van der Waals surface area contributed by atoms with Crippen molar-refractivity contribution in [3.05, 3.63) is 82.0 Å². The molecule has 7 heteroatoms. The lowest BCUT2D eigenvalue weighted by atomic mass is 9.97. The van der Waals surface area contributed by atoms with Gasteiger partial charge in [0.15, 0.2) is 0 Å². The number of aromatic nitrogens is 3. The Morgan fingerprint density at radius 1 is 1.13 bits per heavy atom. The fraction of sp³-hybridized carbons (Fsp3) is 0.174. The lowest BCUT2D eigenvalue weighted by molar-refractivity contribution is 0.100. The van der Waals surface area contributed by atoms with Gasteiger partial charge in [-0.2, -0.15) is 5.10 Å². The van der Waals surface area contributed by atoms with Gasteiger partial charge in [-0.25, -0.2) is 4.98 Å². The number of carbonyl (C=O) groups excluding carboxylic acids is 1. The predicted octanol–water partition coefficient (Wildman–Crippen LogP) is 3.67. The summed E-state index contributed by atoms with van der Waals surface area (Å²) in [6.45, 7) is 2.50. The van der Waals surface area contributed by atoms with Crippen LogP contribution in [-0.2, 0) is 20.0 Å². The molecule has 2 aromatic carbocycles. The van der Waals surface area contributed by atoms with Crippen molar-refractivity contribution in [3.8, 4) is 21.8 Å². The average Bonchev–Trinajstić information content (AvgIpc) is 3.32. The van der Waals surface area contributed by atoms with Crippen LogP contribution in [0.4, 0.5) is 0 Å². The molecule has 2 heterocycles. The number of carbonyl (C=O) groups is 1. The highest BCUT2D eigenvalue weighted by Gasteiger charge is 2.20. The second-order valence-corrected chi connectivity index (χ2v) is 8.03. The molecule has 0 atom stereocenters. The van der Waals surface area contributed by atoms with Crippen LogP contribution in [0.1, 0.15) is 32.9 Å². The van der Waals surface area contributed by atoms with Gasteiger partial charge in [0.1, 0.15) is 5.01 Å². The van der Waals surface area contributed by atoms with E-state index in [9.17, 15) is 4.79 Å². The Morgan fingerprint density at radius 2 is 1.87 bits per heavy atom. The van der Waals surface area contributed by atoms with Crippen molar-refractivity contribution in [2.24, 2.45) is 18.5 Å². The van der Waals surface area contributed by atoms with Crippen molar-refractivity contribution >= 4 is 17.2 Å². The van der Waals surface area contributed by atoms with Crippen LogP contribution >= 0.6 is 11.3 Å². The topological polar surface area (TPSA) is 99.8 Å². The molecular formula is C23H23N5OS.